The Morgan fingerprint density at radius 3 is 2.30 bits per heavy atom. The first kappa shape index (κ1) is 18.3. The molecule has 146 valence electrons. The van der Waals surface area contributed by atoms with Crippen molar-refractivity contribution in [2.75, 3.05) is 45.2 Å². The normalized spacial score (nSPS) is 28.5. The Labute approximate surface area is 160 Å². The average molecular weight is 371 g/mol. The van der Waals surface area contributed by atoms with Gasteiger partial charge in [-0.05, 0) is 37.1 Å². The Kier molecular flexibility index (Phi) is 4.62. The van der Waals surface area contributed by atoms with Gasteiger partial charge >= 0.3 is 5.97 Å². The highest BCUT2D eigenvalue weighted by Crippen LogP contribution is 2.45. The molecule has 0 bridgehead atoms. The molecule has 0 radical (unpaired) electrons. The molecule has 6 nitrogen and oxygen atoms in total. The minimum Gasteiger partial charge on any atom is -0.481 e. The van der Waals surface area contributed by atoms with Crippen LogP contribution in [0.3, 0.4) is 0 Å². The Balaban J connectivity index is 1.49. The van der Waals surface area contributed by atoms with E-state index in [4.69, 9.17) is 0 Å². The number of anilines is 1. The number of carbonyl (C=O) groups excluding carboxylic acids is 1. The predicted octanol–water partition coefficient (Wildman–Crippen LogP) is 2.15. The summed E-state index contributed by atoms with van der Waals surface area (Å²) in [5.74, 6) is -0.769. The highest BCUT2D eigenvalue weighted by Gasteiger charge is 2.59. The molecule has 0 aromatic heterocycles. The number of carboxylic acid groups (broad SMARTS) is 1. The predicted molar refractivity (Wildman–Crippen MR) is 104 cm³/mol. The first-order valence-electron chi connectivity index (χ1n) is 9.95. The molecular formula is C21H29N3O3. The van der Waals surface area contributed by atoms with E-state index >= 15 is 0 Å². The lowest BCUT2D eigenvalue weighted by Crippen LogP contribution is -2.43. The van der Waals surface area contributed by atoms with E-state index in [2.05, 4.69) is 4.90 Å². The number of amides is 1. The lowest BCUT2D eigenvalue weighted by molar-refractivity contribution is -0.148. The van der Waals surface area contributed by atoms with Crippen LogP contribution in [0.15, 0.2) is 24.3 Å². The highest BCUT2D eigenvalue weighted by molar-refractivity contribution is 5.95. The van der Waals surface area contributed by atoms with E-state index in [0.717, 1.165) is 12.2 Å². The molecular weight excluding hydrogens is 342 g/mol. The van der Waals surface area contributed by atoms with Crippen molar-refractivity contribution in [2.45, 2.75) is 31.7 Å². The third-order valence-electron chi connectivity index (χ3n) is 6.82. The molecule has 3 fully saturated rings. The number of benzene rings is 1. The number of nitrogens with zero attached hydrogens (tertiary/aromatic N) is 3. The number of hydrogen-bond donors (Lipinski definition) is 1. The third kappa shape index (κ3) is 3.10. The van der Waals surface area contributed by atoms with Crippen LogP contribution in [0.25, 0.3) is 0 Å². The van der Waals surface area contributed by atoms with Crippen LogP contribution in [-0.4, -0.2) is 73.1 Å². The van der Waals surface area contributed by atoms with Crippen LogP contribution in [0.4, 0.5) is 5.69 Å². The molecule has 27 heavy (non-hydrogen) atoms. The van der Waals surface area contributed by atoms with E-state index in [-0.39, 0.29) is 11.8 Å². The largest absolute Gasteiger partial charge is 0.481 e. The van der Waals surface area contributed by atoms with Crippen LogP contribution in [0.2, 0.25) is 0 Å². The Morgan fingerprint density at radius 2 is 1.74 bits per heavy atom. The minimum atomic E-state index is -0.804. The zero-order chi connectivity index (χ0) is 19.2. The second-order valence-electron chi connectivity index (χ2n) is 8.65. The van der Waals surface area contributed by atoms with Gasteiger partial charge in [0.1, 0.15) is 5.41 Å². The fraction of sp³-hybridized carbons (Fsp3) is 0.619. The average Bonchev–Trinajstić information content (AvgIpc) is 3.35. The Morgan fingerprint density at radius 1 is 1.07 bits per heavy atom. The van der Waals surface area contributed by atoms with Crippen molar-refractivity contribution in [3.8, 4) is 0 Å². The zero-order valence-electron chi connectivity index (χ0n) is 16.2. The van der Waals surface area contributed by atoms with Crippen molar-refractivity contribution < 1.29 is 14.7 Å². The van der Waals surface area contributed by atoms with E-state index in [1.54, 1.807) is 4.90 Å². The molecule has 0 unspecified atom stereocenters. The minimum absolute atomic E-state index is 0.0283. The van der Waals surface area contributed by atoms with Crippen LogP contribution >= 0.6 is 0 Å². The molecule has 1 saturated carbocycles. The van der Waals surface area contributed by atoms with Crippen molar-refractivity contribution >= 4 is 17.6 Å². The molecule has 1 aromatic carbocycles. The Hall–Kier alpha value is -2.08. The van der Waals surface area contributed by atoms with Gasteiger partial charge in [0.25, 0.3) is 5.91 Å². The fourth-order valence-electron chi connectivity index (χ4n) is 5.19. The molecule has 1 N–H and O–H groups in total. The molecule has 1 aromatic rings. The summed E-state index contributed by atoms with van der Waals surface area (Å²) < 4.78 is 0. The topological polar surface area (TPSA) is 64.1 Å². The van der Waals surface area contributed by atoms with E-state index < -0.39 is 11.4 Å². The fourth-order valence-corrected chi connectivity index (χ4v) is 5.19. The van der Waals surface area contributed by atoms with E-state index in [1.165, 1.54) is 25.7 Å². The summed E-state index contributed by atoms with van der Waals surface area (Å²) in [6, 6.07) is 8.07. The van der Waals surface area contributed by atoms with E-state index in [0.29, 0.717) is 31.2 Å². The molecule has 1 amide bonds. The number of likely N-dealkylation sites (tertiary alicyclic amines) is 2. The van der Waals surface area contributed by atoms with Crippen LogP contribution in [0, 0.1) is 11.3 Å². The summed E-state index contributed by atoms with van der Waals surface area (Å²) in [6.45, 7) is 2.26. The van der Waals surface area contributed by atoms with Crippen LogP contribution < -0.4 is 4.90 Å². The summed E-state index contributed by atoms with van der Waals surface area (Å²) in [6.07, 6.45) is 4.87. The number of rotatable bonds is 4. The van der Waals surface area contributed by atoms with Gasteiger partial charge in [-0.3, -0.25) is 14.5 Å². The first-order chi connectivity index (χ1) is 12.9. The SMILES string of the molecule is CN(C)c1ccc(C(=O)N2C[C@@H]3CN(C4CCCC4)C[C@]3(C(=O)O)C2)cc1. The van der Waals surface area contributed by atoms with Gasteiger partial charge in [0, 0.05) is 63.5 Å². The van der Waals surface area contributed by atoms with Gasteiger partial charge in [-0.25, -0.2) is 0 Å². The monoisotopic (exact) mass is 371 g/mol. The van der Waals surface area contributed by atoms with Crippen LogP contribution in [0.5, 0.6) is 0 Å². The van der Waals surface area contributed by atoms with Crippen molar-refractivity contribution in [3.63, 3.8) is 0 Å². The summed E-state index contributed by atoms with van der Waals surface area (Å²) in [5, 5.41) is 10.0. The Bertz CT molecular complexity index is 727. The number of fused-ring (bicyclic) bond motifs is 1. The first-order valence-corrected chi connectivity index (χ1v) is 9.95. The van der Waals surface area contributed by atoms with Gasteiger partial charge < -0.3 is 14.9 Å². The number of hydrogen-bond acceptors (Lipinski definition) is 4. The lowest BCUT2D eigenvalue weighted by atomic mass is 9.81. The van der Waals surface area contributed by atoms with Gasteiger partial charge in [-0.1, -0.05) is 12.8 Å². The van der Waals surface area contributed by atoms with E-state index in [9.17, 15) is 14.7 Å². The van der Waals surface area contributed by atoms with Crippen molar-refractivity contribution in [1.29, 1.82) is 0 Å². The molecule has 2 heterocycles. The second-order valence-corrected chi connectivity index (χ2v) is 8.65. The second kappa shape index (κ2) is 6.82. The summed E-state index contributed by atoms with van der Waals surface area (Å²) >= 11 is 0. The van der Waals surface area contributed by atoms with Gasteiger partial charge in [-0.2, -0.15) is 0 Å². The summed E-state index contributed by atoms with van der Waals surface area (Å²) in [5.41, 5.74) is 0.870. The van der Waals surface area contributed by atoms with Gasteiger partial charge in [0.05, 0.1) is 0 Å². The van der Waals surface area contributed by atoms with Gasteiger partial charge in [0.2, 0.25) is 0 Å². The maximum absolute atomic E-state index is 13.0. The molecule has 0 spiro atoms. The molecule has 2 aliphatic heterocycles. The number of carbonyl (C=O) groups is 2. The molecule has 3 aliphatic rings. The van der Waals surface area contributed by atoms with Gasteiger partial charge in [0.15, 0.2) is 0 Å². The van der Waals surface area contributed by atoms with Crippen molar-refractivity contribution in [1.82, 2.24) is 9.80 Å². The van der Waals surface area contributed by atoms with E-state index in [1.807, 2.05) is 43.3 Å². The quantitative estimate of drug-likeness (QED) is 0.879. The van der Waals surface area contributed by atoms with Gasteiger partial charge in [-0.15, -0.1) is 0 Å². The summed E-state index contributed by atoms with van der Waals surface area (Å²) in [7, 11) is 3.93. The smallest absolute Gasteiger partial charge is 0.313 e. The highest BCUT2D eigenvalue weighted by atomic mass is 16.4. The van der Waals surface area contributed by atoms with Crippen LogP contribution in [0.1, 0.15) is 36.0 Å². The molecule has 1 aliphatic carbocycles. The maximum atomic E-state index is 13.0. The lowest BCUT2D eigenvalue weighted by Gasteiger charge is -2.28. The maximum Gasteiger partial charge on any atom is 0.313 e. The standard InChI is InChI=1S/C21H29N3O3/c1-22(2)17-9-7-15(8-10-17)19(25)24-12-16-11-23(18-5-3-4-6-18)13-21(16,14-24)20(26)27/h7-10,16,18H,3-6,11-14H2,1-2H3,(H,26,27)/t16-,21-/m0/s1. The summed E-state index contributed by atoms with van der Waals surface area (Å²) in [4.78, 5) is 31.3. The number of aliphatic carboxylic acids is 1. The third-order valence-corrected chi connectivity index (χ3v) is 6.82. The van der Waals surface area contributed by atoms with Crippen molar-refractivity contribution in [2.24, 2.45) is 11.3 Å². The molecule has 4 rings (SSSR count). The van der Waals surface area contributed by atoms with Crippen molar-refractivity contribution in [3.05, 3.63) is 29.8 Å². The van der Waals surface area contributed by atoms with Crippen LogP contribution in [-0.2, 0) is 4.79 Å². The zero-order valence-corrected chi connectivity index (χ0v) is 16.2. The molecule has 6 heteroatoms. The molecule has 2 saturated heterocycles. The molecule has 2 atom stereocenters. The number of carboxylic acids is 1.